The number of nitrogens with zero attached hydrogens (tertiary/aromatic N) is 1. The second kappa shape index (κ2) is 7.91. The molecule has 0 unspecified atom stereocenters. The fraction of sp³-hybridized carbons (Fsp3) is 0.316. The summed E-state index contributed by atoms with van der Waals surface area (Å²) < 4.78 is 32.7. The van der Waals surface area contributed by atoms with Gasteiger partial charge in [-0.2, -0.15) is 0 Å². The standard InChI is InChI=1S/C19H23NO4S/c1-20(2,13-6-14-25(22,23)24)15-16-9-11-18(12-10-16)19(21)17-7-4-3-5-8-17/h3-5,7-12H,6,13-15H2,1-2H3. The first kappa shape index (κ1) is 19.3. The zero-order valence-corrected chi connectivity index (χ0v) is 15.3. The van der Waals surface area contributed by atoms with Gasteiger partial charge in [-0.15, -0.1) is 0 Å². The van der Waals surface area contributed by atoms with Crippen LogP contribution >= 0.6 is 0 Å². The average Bonchev–Trinajstić information content (AvgIpc) is 2.54. The van der Waals surface area contributed by atoms with Gasteiger partial charge in [0.15, 0.2) is 5.78 Å². The Balaban J connectivity index is 1.98. The van der Waals surface area contributed by atoms with Crippen molar-refractivity contribution in [3.63, 3.8) is 0 Å². The molecule has 0 aliphatic rings. The van der Waals surface area contributed by atoms with Crippen LogP contribution < -0.4 is 0 Å². The molecule has 25 heavy (non-hydrogen) atoms. The van der Waals surface area contributed by atoms with Crippen molar-refractivity contribution < 1.29 is 22.2 Å². The summed E-state index contributed by atoms with van der Waals surface area (Å²) in [5.41, 5.74) is 2.35. The Morgan fingerprint density at radius 2 is 1.52 bits per heavy atom. The molecule has 0 spiro atoms. The zero-order valence-electron chi connectivity index (χ0n) is 14.5. The molecule has 0 aliphatic carbocycles. The Morgan fingerprint density at radius 1 is 0.960 bits per heavy atom. The number of ketones is 1. The minimum Gasteiger partial charge on any atom is -0.748 e. The maximum Gasteiger partial charge on any atom is 0.193 e. The van der Waals surface area contributed by atoms with Crippen molar-refractivity contribution in [2.75, 3.05) is 26.4 Å². The van der Waals surface area contributed by atoms with Gasteiger partial charge in [0.25, 0.3) is 0 Å². The second-order valence-electron chi connectivity index (χ2n) is 6.82. The molecule has 0 saturated heterocycles. The summed E-state index contributed by atoms with van der Waals surface area (Å²) in [5, 5.41) is 0. The van der Waals surface area contributed by atoms with E-state index in [1.807, 2.05) is 56.6 Å². The van der Waals surface area contributed by atoms with Gasteiger partial charge in [-0.1, -0.05) is 54.6 Å². The predicted molar refractivity (Wildman–Crippen MR) is 96.2 cm³/mol. The van der Waals surface area contributed by atoms with E-state index < -0.39 is 10.1 Å². The molecule has 6 heteroatoms. The fourth-order valence-electron chi connectivity index (χ4n) is 2.76. The summed E-state index contributed by atoms with van der Waals surface area (Å²) in [4.78, 5) is 12.4. The fourth-order valence-corrected chi connectivity index (χ4v) is 3.24. The molecule has 0 N–H and O–H groups in total. The van der Waals surface area contributed by atoms with Crippen LogP contribution in [0.4, 0.5) is 0 Å². The van der Waals surface area contributed by atoms with Crippen LogP contribution in [0.2, 0.25) is 0 Å². The Morgan fingerprint density at radius 3 is 2.08 bits per heavy atom. The molecule has 0 amide bonds. The van der Waals surface area contributed by atoms with Crippen LogP contribution in [0, 0.1) is 0 Å². The molecule has 2 rings (SSSR count). The molecule has 0 radical (unpaired) electrons. The van der Waals surface area contributed by atoms with Gasteiger partial charge in [-0.05, 0) is 0 Å². The SMILES string of the molecule is C[N+](C)(CCCS(=O)(=O)[O-])Cc1ccc(C(=O)c2ccccc2)cc1. The van der Waals surface area contributed by atoms with Crippen molar-refractivity contribution in [3.8, 4) is 0 Å². The quantitative estimate of drug-likeness (QED) is 0.411. The maximum atomic E-state index is 12.4. The third-order valence-corrected chi connectivity index (χ3v) is 4.81. The average molecular weight is 361 g/mol. The molecule has 0 bridgehead atoms. The van der Waals surface area contributed by atoms with Gasteiger partial charge in [-0.3, -0.25) is 4.79 Å². The molecule has 2 aromatic rings. The number of carbonyl (C=O) groups is 1. The zero-order chi connectivity index (χ0) is 18.5. The molecular formula is C19H23NO4S. The lowest BCUT2D eigenvalue weighted by Crippen LogP contribution is -2.40. The molecule has 0 atom stereocenters. The molecule has 134 valence electrons. The molecule has 0 aliphatic heterocycles. The summed E-state index contributed by atoms with van der Waals surface area (Å²) in [7, 11) is -0.185. The largest absolute Gasteiger partial charge is 0.748 e. The van der Waals surface area contributed by atoms with E-state index in [9.17, 15) is 17.8 Å². The Labute approximate surface area is 149 Å². The lowest BCUT2D eigenvalue weighted by atomic mass is 10.0. The second-order valence-corrected chi connectivity index (χ2v) is 8.35. The van der Waals surface area contributed by atoms with Crippen LogP contribution in [0.5, 0.6) is 0 Å². The number of quaternary nitrogens is 1. The summed E-state index contributed by atoms with van der Waals surface area (Å²) in [6.07, 6.45) is 0.337. The van der Waals surface area contributed by atoms with Crippen LogP contribution in [-0.4, -0.2) is 49.6 Å². The van der Waals surface area contributed by atoms with Crippen LogP contribution in [-0.2, 0) is 16.7 Å². The first-order valence-electron chi connectivity index (χ1n) is 8.11. The third kappa shape index (κ3) is 6.42. The van der Waals surface area contributed by atoms with E-state index >= 15 is 0 Å². The van der Waals surface area contributed by atoms with E-state index in [1.54, 1.807) is 12.1 Å². The van der Waals surface area contributed by atoms with E-state index in [2.05, 4.69) is 0 Å². The minimum absolute atomic E-state index is 0.0125. The van der Waals surface area contributed by atoms with Gasteiger partial charge in [-0.25, -0.2) is 8.42 Å². The molecule has 0 heterocycles. The number of rotatable bonds is 8. The first-order valence-corrected chi connectivity index (χ1v) is 9.68. The molecule has 0 aromatic heterocycles. The highest BCUT2D eigenvalue weighted by Gasteiger charge is 2.17. The Bertz CT molecular complexity index is 812. The summed E-state index contributed by atoms with van der Waals surface area (Å²) in [5.74, 6) is -0.347. The highest BCUT2D eigenvalue weighted by Crippen LogP contribution is 2.14. The summed E-state index contributed by atoms with van der Waals surface area (Å²) in [6.45, 7) is 1.28. The minimum atomic E-state index is -4.16. The van der Waals surface area contributed by atoms with E-state index in [-0.39, 0.29) is 11.5 Å². The van der Waals surface area contributed by atoms with E-state index in [1.165, 1.54) is 0 Å². The summed E-state index contributed by atoms with van der Waals surface area (Å²) >= 11 is 0. The highest BCUT2D eigenvalue weighted by atomic mass is 32.2. The molecule has 0 fully saturated rings. The maximum absolute atomic E-state index is 12.4. The lowest BCUT2D eigenvalue weighted by Gasteiger charge is -2.30. The van der Waals surface area contributed by atoms with Gasteiger partial charge < -0.3 is 9.04 Å². The third-order valence-electron chi connectivity index (χ3n) is 4.02. The van der Waals surface area contributed by atoms with Crippen LogP contribution in [0.25, 0.3) is 0 Å². The van der Waals surface area contributed by atoms with Gasteiger partial charge >= 0.3 is 0 Å². The molecule has 2 aromatic carbocycles. The van der Waals surface area contributed by atoms with Gasteiger partial charge in [0.1, 0.15) is 6.54 Å². The molecular weight excluding hydrogens is 338 g/mol. The van der Waals surface area contributed by atoms with Crippen molar-refractivity contribution in [2.24, 2.45) is 0 Å². The van der Waals surface area contributed by atoms with Crippen molar-refractivity contribution >= 4 is 15.9 Å². The van der Waals surface area contributed by atoms with Crippen LogP contribution in [0.3, 0.4) is 0 Å². The highest BCUT2D eigenvalue weighted by molar-refractivity contribution is 7.85. The van der Waals surface area contributed by atoms with Crippen LogP contribution in [0.1, 0.15) is 27.9 Å². The van der Waals surface area contributed by atoms with Crippen LogP contribution in [0.15, 0.2) is 54.6 Å². The van der Waals surface area contributed by atoms with Crippen molar-refractivity contribution in [1.82, 2.24) is 0 Å². The number of hydrogen-bond acceptors (Lipinski definition) is 4. The lowest BCUT2D eigenvalue weighted by molar-refractivity contribution is -0.903. The molecule has 5 nitrogen and oxygen atoms in total. The van der Waals surface area contributed by atoms with Crippen molar-refractivity contribution in [3.05, 3.63) is 71.3 Å². The van der Waals surface area contributed by atoms with Gasteiger partial charge in [0, 0.05) is 28.9 Å². The van der Waals surface area contributed by atoms with Gasteiger partial charge in [0.05, 0.1) is 30.8 Å². The number of benzene rings is 2. The topological polar surface area (TPSA) is 74.3 Å². The monoisotopic (exact) mass is 361 g/mol. The van der Waals surface area contributed by atoms with Crippen molar-refractivity contribution in [1.29, 1.82) is 0 Å². The van der Waals surface area contributed by atoms with Gasteiger partial charge in [0.2, 0.25) is 0 Å². The first-order chi connectivity index (χ1) is 11.7. The van der Waals surface area contributed by atoms with E-state index in [0.29, 0.717) is 35.1 Å². The number of carbonyl (C=O) groups excluding carboxylic acids is 1. The number of hydrogen-bond donors (Lipinski definition) is 0. The van der Waals surface area contributed by atoms with E-state index in [0.717, 1.165) is 5.56 Å². The predicted octanol–water partition coefficient (Wildman–Crippen LogP) is 2.43. The summed E-state index contributed by atoms with van der Waals surface area (Å²) in [6, 6.07) is 16.6. The van der Waals surface area contributed by atoms with E-state index in [4.69, 9.17) is 0 Å². The van der Waals surface area contributed by atoms with Crippen molar-refractivity contribution in [2.45, 2.75) is 13.0 Å². The Hall–Kier alpha value is -2.02. The normalized spacial score (nSPS) is 12.1. The molecule has 0 saturated carbocycles. The smallest absolute Gasteiger partial charge is 0.193 e. The Kier molecular flexibility index (Phi) is 6.11.